The Bertz CT molecular complexity index is 1070. The Hall–Kier alpha value is -3.12. The fraction of sp³-hybridized carbons (Fsp3) is 0.364. The summed E-state index contributed by atoms with van der Waals surface area (Å²) in [7, 11) is 0. The molecule has 0 spiro atoms. The van der Waals surface area contributed by atoms with Crippen molar-refractivity contribution in [3.8, 4) is 0 Å². The van der Waals surface area contributed by atoms with Crippen molar-refractivity contribution >= 4 is 5.95 Å². The number of halogens is 6. The van der Waals surface area contributed by atoms with Gasteiger partial charge in [-0.05, 0) is 36.2 Å². The molecule has 0 aliphatic carbocycles. The number of aromatic nitrogens is 3. The summed E-state index contributed by atoms with van der Waals surface area (Å²) in [5.74, 6) is 0.418. The number of benzene rings is 2. The Kier molecular flexibility index (Phi) is 6.30. The summed E-state index contributed by atoms with van der Waals surface area (Å²) in [6.07, 6.45) is -9.61. The molecule has 1 aliphatic heterocycles. The highest BCUT2D eigenvalue weighted by Crippen LogP contribution is 2.40. The monoisotopic (exact) mass is 486 g/mol. The van der Waals surface area contributed by atoms with Crippen molar-refractivity contribution in [3.63, 3.8) is 0 Å². The SMILES string of the molecule is C[C@]1(c2ccccc2)[C@@H](OCc2cc(C(F)(F)F)cc(C(F)(F)F)c2)OCCN1c1ncn[nH]1. The molecule has 0 bridgehead atoms. The lowest BCUT2D eigenvalue weighted by molar-refractivity contribution is -0.202. The first-order valence-electron chi connectivity index (χ1n) is 10.2. The van der Waals surface area contributed by atoms with E-state index in [0.29, 0.717) is 24.6 Å². The predicted molar refractivity (Wildman–Crippen MR) is 108 cm³/mol. The van der Waals surface area contributed by atoms with E-state index in [1.54, 1.807) is 19.1 Å². The highest BCUT2D eigenvalue weighted by Gasteiger charge is 2.47. The van der Waals surface area contributed by atoms with Crippen LogP contribution in [0.1, 0.15) is 29.2 Å². The summed E-state index contributed by atoms with van der Waals surface area (Å²) in [6, 6.07) is 10.4. The molecule has 1 aliphatic rings. The topological polar surface area (TPSA) is 63.3 Å². The second kappa shape index (κ2) is 8.91. The van der Waals surface area contributed by atoms with E-state index in [2.05, 4.69) is 15.2 Å². The van der Waals surface area contributed by atoms with Crippen LogP contribution in [0.25, 0.3) is 0 Å². The molecule has 3 aromatic rings. The van der Waals surface area contributed by atoms with Crippen LogP contribution < -0.4 is 4.90 Å². The number of nitrogens with one attached hydrogen (secondary N) is 1. The minimum Gasteiger partial charge on any atom is -0.348 e. The van der Waals surface area contributed by atoms with Gasteiger partial charge in [-0.2, -0.15) is 36.4 Å². The molecule has 0 saturated carbocycles. The van der Waals surface area contributed by atoms with E-state index < -0.39 is 41.9 Å². The first-order chi connectivity index (χ1) is 16.0. The van der Waals surface area contributed by atoms with Gasteiger partial charge in [-0.25, -0.2) is 5.10 Å². The van der Waals surface area contributed by atoms with E-state index in [1.807, 2.05) is 23.1 Å². The molecule has 6 nitrogen and oxygen atoms in total. The molecule has 2 aromatic carbocycles. The van der Waals surface area contributed by atoms with Crippen molar-refractivity contribution in [2.45, 2.75) is 37.7 Å². The molecule has 1 N–H and O–H groups in total. The van der Waals surface area contributed by atoms with E-state index in [-0.39, 0.29) is 18.2 Å². The Morgan fingerprint density at radius 1 is 1.06 bits per heavy atom. The number of aromatic amines is 1. The molecule has 1 aromatic heterocycles. The van der Waals surface area contributed by atoms with Crippen molar-refractivity contribution in [1.82, 2.24) is 15.2 Å². The maximum Gasteiger partial charge on any atom is 0.416 e. The van der Waals surface area contributed by atoms with Gasteiger partial charge in [0, 0.05) is 6.54 Å². The smallest absolute Gasteiger partial charge is 0.348 e. The molecule has 0 amide bonds. The Labute approximate surface area is 190 Å². The second-order valence-corrected chi connectivity index (χ2v) is 7.90. The van der Waals surface area contributed by atoms with Gasteiger partial charge in [0.2, 0.25) is 5.95 Å². The lowest BCUT2D eigenvalue weighted by Crippen LogP contribution is -2.59. The van der Waals surface area contributed by atoms with Crippen LogP contribution in [0, 0.1) is 0 Å². The third-order valence-electron chi connectivity index (χ3n) is 5.67. The van der Waals surface area contributed by atoms with Crippen molar-refractivity contribution in [2.75, 3.05) is 18.1 Å². The minimum atomic E-state index is -4.95. The number of H-pyrrole nitrogens is 1. The zero-order chi connectivity index (χ0) is 24.6. The Balaban J connectivity index is 1.68. The van der Waals surface area contributed by atoms with Gasteiger partial charge in [-0.1, -0.05) is 30.3 Å². The number of ether oxygens (including phenoxy) is 2. The van der Waals surface area contributed by atoms with Crippen LogP contribution in [-0.2, 0) is 34.0 Å². The second-order valence-electron chi connectivity index (χ2n) is 7.90. The molecule has 2 atom stereocenters. The van der Waals surface area contributed by atoms with Gasteiger partial charge < -0.3 is 14.4 Å². The fourth-order valence-electron chi connectivity index (χ4n) is 3.98. The number of hydrogen-bond donors (Lipinski definition) is 1. The number of hydrogen-bond acceptors (Lipinski definition) is 5. The molecule has 1 fully saturated rings. The summed E-state index contributed by atoms with van der Waals surface area (Å²) >= 11 is 0. The predicted octanol–water partition coefficient (Wildman–Crippen LogP) is 5.14. The molecule has 0 unspecified atom stereocenters. The molecule has 4 rings (SSSR count). The highest BCUT2D eigenvalue weighted by atomic mass is 19.4. The number of nitrogens with zero attached hydrogens (tertiary/aromatic N) is 3. The van der Waals surface area contributed by atoms with Gasteiger partial charge in [0.05, 0.1) is 24.3 Å². The fourth-order valence-corrected chi connectivity index (χ4v) is 3.98. The van der Waals surface area contributed by atoms with Gasteiger partial charge in [0.15, 0.2) is 6.29 Å². The number of rotatable bonds is 5. The van der Waals surface area contributed by atoms with Crippen LogP contribution in [0.4, 0.5) is 32.3 Å². The molecule has 2 heterocycles. The van der Waals surface area contributed by atoms with Crippen molar-refractivity contribution < 1.29 is 35.8 Å². The third-order valence-corrected chi connectivity index (χ3v) is 5.67. The van der Waals surface area contributed by atoms with Crippen molar-refractivity contribution in [3.05, 3.63) is 77.1 Å². The zero-order valence-electron chi connectivity index (χ0n) is 17.8. The Morgan fingerprint density at radius 3 is 2.26 bits per heavy atom. The largest absolute Gasteiger partial charge is 0.416 e. The average molecular weight is 486 g/mol. The summed E-state index contributed by atoms with van der Waals surface area (Å²) in [6.45, 7) is 1.83. The van der Waals surface area contributed by atoms with Crippen molar-refractivity contribution in [2.24, 2.45) is 0 Å². The van der Waals surface area contributed by atoms with Gasteiger partial charge in [-0.15, -0.1) is 0 Å². The maximum absolute atomic E-state index is 13.2. The van der Waals surface area contributed by atoms with E-state index >= 15 is 0 Å². The van der Waals surface area contributed by atoms with Gasteiger partial charge in [0.1, 0.15) is 11.9 Å². The van der Waals surface area contributed by atoms with Gasteiger partial charge in [0.25, 0.3) is 0 Å². The molecule has 0 radical (unpaired) electrons. The van der Waals surface area contributed by atoms with Crippen LogP contribution in [0.3, 0.4) is 0 Å². The Morgan fingerprint density at radius 2 is 1.71 bits per heavy atom. The zero-order valence-corrected chi connectivity index (χ0v) is 17.8. The van der Waals surface area contributed by atoms with E-state index in [0.717, 1.165) is 5.56 Å². The number of morpholine rings is 1. The minimum absolute atomic E-state index is 0.0837. The average Bonchev–Trinajstić information content (AvgIpc) is 3.32. The van der Waals surface area contributed by atoms with Crippen molar-refractivity contribution in [1.29, 1.82) is 0 Å². The summed E-state index contributed by atoms with van der Waals surface area (Å²) in [4.78, 5) is 6.03. The lowest BCUT2D eigenvalue weighted by atomic mass is 9.88. The van der Waals surface area contributed by atoms with Crippen LogP contribution in [0.15, 0.2) is 54.9 Å². The highest BCUT2D eigenvalue weighted by molar-refractivity contribution is 5.42. The van der Waals surface area contributed by atoms with Gasteiger partial charge in [-0.3, -0.25) is 0 Å². The number of alkyl halides is 6. The van der Waals surface area contributed by atoms with E-state index in [4.69, 9.17) is 9.47 Å². The first kappa shape index (κ1) is 24.0. The lowest BCUT2D eigenvalue weighted by Gasteiger charge is -2.49. The molecule has 182 valence electrons. The summed E-state index contributed by atoms with van der Waals surface area (Å²) in [5, 5.41) is 6.65. The molecule has 34 heavy (non-hydrogen) atoms. The third kappa shape index (κ3) is 4.73. The standard InChI is InChI=1S/C22H20F6N4O2/c1-20(15-5-3-2-4-6-15)18(33-8-7-32(20)19-29-13-30-31-19)34-12-14-9-16(21(23,24)25)11-17(10-14)22(26,27)28/h2-6,9-11,13,18H,7-8,12H2,1H3,(H,29,30,31)/t18-,20+/m1/s1. The normalized spacial score (nSPS) is 21.6. The quantitative estimate of drug-likeness (QED) is 0.507. The van der Waals surface area contributed by atoms with Crippen LogP contribution in [-0.4, -0.2) is 34.6 Å². The van der Waals surface area contributed by atoms with E-state index in [1.165, 1.54) is 6.33 Å². The molecule has 12 heteroatoms. The molecule has 1 saturated heterocycles. The number of anilines is 1. The maximum atomic E-state index is 13.2. The summed E-state index contributed by atoms with van der Waals surface area (Å²) < 4.78 is 91.0. The van der Waals surface area contributed by atoms with E-state index in [9.17, 15) is 26.3 Å². The van der Waals surface area contributed by atoms with Crippen LogP contribution in [0.5, 0.6) is 0 Å². The summed E-state index contributed by atoms with van der Waals surface area (Å²) in [5.41, 5.74) is -3.36. The van der Waals surface area contributed by atoms with Crippen LogP contribution >= 0.6 is 0 Å². The molecular weight excluding hydrogens is 466 g/mol. The first-order valence-corrected chi connectivity index (χ1v) is 10.2. The molecular formula is C22H20F6N4O2. The van der Waals surface area contributed by atoms with Gasteiger partial charge >= 0.3 is 12.4 Å². The van der Waals surface area contributed by atoms with Crippen LogP contribution in [0.2, 0.25) is 0 Å².